The van der Waals surface area contributed by atoms with Gasteiger partial charge in [0.1, 0.15) is 6.10 Å². The lowest BCUT2D eigenvalue weighted by molar-refractivity contribution is 0.0572. The number of alkyl carbamates (subject to hydrolysis) is 1. The first-order valence-corrected chi connectivity index (χ1v) is 7.48. The van der Waals surface area contributed by atoms with Gasteiger partial charge < -0.3 is 20.3 Å². The van der Waals surface area contributed by atoms with Crippen LogP contribution in [0.4, 0.5) is 4.79 Å². The zero-order valence-electron chi connectivity index (χ0n) is 12.6. The average molecular weight is 295 g/mol. The van der Waals surface area contributed by atoms with Gasteiger partial charge in [-0.15, -0.1) is 6.42 Å². The van der Waals surface area contributed by atoms with Crippen LogP contribution in [-0.4, -0.2) is 41.7 Å². The van der Waals surface area contributed by atoms with E-state index < -0.39 is 12.2 Å². The highest BCUT2D eigenvalue weighted by Crippen LogP contribution is 2.26. The van der Waals surface area contributed by atoms with Crippen LogP contribution in [-0.2, 0) is 4.74 Å². The van der Waals surface area contributed by atoms with Crippen molar-refractivity contribution >= 4 is 6.09 Å². The maximum atomic E-state index is 11.7. The fourth-order valence-corrected chi connectivity index (χ4v) is 2.34. The first kappa shape index (κ1) is 17.5. The molecule has 2 atom stereocenters. The lowest BCUT2D eigenvalue weighted by Crippen LogP contribution is -2.34. The van der Waals surface area contributed by atoms with E-state index in [4.69, 9.17) is 16.3 Å². The van der Waals surface area contributed by atoms with E-state index in [-0.39, 0.29) is 12.7 Å². The zero-order valence-corrected chi connectivity index (χ0v) is 12.6. The van der Waals surface area contributed by atoms with Gasteiger partial charge in [0.25, 0.3) is 0 Å². The zero-order chi connectivity index (χ0) is 15.7. The van der Waals surface area contributed by atoms with Crippen LogP contribution in [0.25, 0.3) is 0 Å². The highest BCUT2D eigenvalue weighted by molar-refractivity contribution is 5.67. The summed E-state index contributed by atoms with van der Waals surface area (Å²) in [4.78, 5) is 11.7. The Morgan fingerprint density at radius 1 is 1.43 bits per heavy atom. The Balaban J connectivity index is 2.25. The van der Waals surface area contributed by atoms with E-state index in [9.17, 15) is 9.90 Å². The summed E-state index contributed by atoms with van der Waals surface area (Å²) >= 11 is 0. The van der Waals surface area contributed by atoms with E-state index in [0.29, 0.717) is 19.4 Å². The molecule has 0 unspecified atom stereocenters. The van der Waals surface area contributed by atoms with E-state index >= 15 is 0 Å². The van der Waals surface area contributed by atoms with Crippen molar-refractivity contribution in [3.63, 3.8) is 0 Å². The number of terminal acetylenes is 1. The first-order chi connectivity index (χ1) is 10.1. The molecule has 0 aromatic rings. The smallest absolute Gasteiger partial charge is 0.407 e. The highest BCUT2D eigenvalue weighted by Gasteiger charge is 2.27. The van der Waals surface area contributed by atoms with Gasteiger partial charge in [0.15, 0.2) is 0 Å². The van der Waals surface area contributed by atoms with E-state index in [1.54, 1.807) is 0 Å². The normalized spacial score (nSPS) is 21.8. The number of carbonyl (C=O) groups is 1. The van der Waals surface area contributed by atoms with Gasteiger partial charge in [-0.05, 0) is 25.3 Å². The van der Waals surface area contributed by atoms with Crippen LogP contribution >= 0.6 is 0 Å². The topological polar surface area (TPSA) is 78.8 Å². The van der Waals surface area contributed by atoms with Crippen LogP contribution in [0, 0.1) is 12.3 Å². The molecule has 0 aromatic heterocycles. The molecule has 0 bridgehead atoms. The Hall–Kier alpha value is -1.51. The summed E-state index contributed by atoms with van der Waals surface area (Å²) in [5.41, 5.74) is 1.51. The molecule has 5 heteroatoms. The van der Waals surface area contributed by atoms with Gasteiger partial charge in [-0.3, -0.25) is 0 Å². The van der Waals surface area contributed by atoms with Crippen LogP contribution in [0.2, 0.25) is 0 Å². The summed E-state index contributed by atoms with van der Waals surface area (Å²) < 4.78 is 5.29. The Morgan fingerprint density at radius 2 is 2.14 bits per heavy atom. The first-order valence-electron chi connectivity index (χ1n) is 7.48. The van der Waals surface area contributed by atoms with Crippen molar-refractivity contribution in [2.24, 2.45) is 0 Å². The number of carbonyl (C=O) groups excluding carboxylic acids is 1. The van der Waals surface area contributed by atoms with Crippen molar-refractivity contribution in [1.29, 1.82) is 0 Å². The largest absolute Gasteiger partial charge is 0.446 e. The third kappa shape index (κ3) is 6.19. The molecule has 0 radical (unpaired) electrons. The predicted octanol–water partition coefficient (Wildman–Crippen LogP) is 1.74. The predicted molar refractivity (Wildman–Crippen MR) is 80.6 cm³/mol. The maximum Gasteiger partial charge on any atom is 0.407 e. The number of aliphatic hydroxyl groups is 2. The molecular weight excluding hydrogens is 270 g/mol. The van der Waals surface area contributed by atoms with Crippen LogP contribution in [0.15, 0.2) is 11.1 Å². The molecule has 0 saturated heterocycles. The van der Waals surface area contributed by atoms with Crippen molar-refractivity contribution in [3.05, 3.63) is 11.1 Å². The molecule has 0 aliphatic heterocycles. The van der Waals surface area contributed by atoms with Gasteiger partial charge in [-0.25, -0.2) is 4.79 Å². The van der Waals surface area contributed by atoms with E-state index in [2.05, 4.69) is 11.2 Å². The molecule has 5 nitrogen and oxygen atoms in total. The second-order valence-corrected chi connectivity index (χ2v) is 5.35. The molecule has 0 aromatic carbocycles. The second kappa shape index (κ2) is 9.43. The van der Waals surface area contributed by atoms with Gasteiger partial charge in [0.2, 0.25) is 0 Å². The Bertz CT molecular complexity index is 411. The van der Waals surface area contributed by atoms with Crippen LogP contribution in [0.1, 0.15) is 45.4 Å². The number of ether oxygens (including phenoxy) is 1. The van der Waals surface area contributed by atoms with Crippen LogP contribution in [0.3, 0.4) is 0 Å². The fourth-order valence-electron chi connectivity index (χ4n) is 2.34. The minimum atomic E-state index is -0.638. The average Bonchev–Trinajstić information content (AvgIpc) is 2.46. The molecule has 0 saturated carbocycles. The number of rotatable bonds is 7. The van der Waals surface area contributed by atoms with Gasteiger partial charge >= 0.3 is 6.09 Å². The molecule has 3 N–H and O–H groups in total. The van der Waals surface area contributed by atoms with E-state index in [0.717, 1.165) is 36.8 Å². The fraction of sp³-hybridized carbons (Fsp3) is 0.688. The maximum absolute atomic E-state index is 11.7. The van der Waals surface area contributed by atoms with Crippen molar-refractivity contribution in [2.45, 2.75) is 57.7 Å². The number of hydrogen-bond acceptors (Lipinski definition) is 4. The Morgan fingerprint density at radius 3 is 2.81 bits per heavy atom. The Labute approximate surface area is 126 Å². The summed E-state index contributed by atoms with van der Waals surface area (Å²) in [5.74, 6) is 2.55. The summed E-state index contributed by atoms with van der Waals surface area (Å²) in [6.45, 7) is 2.57. The quantitative estimate of drug-likeness (QED) is 0.494. The standard InChI is InChI=1S/C16H25NO4/c1-3-13-10-14(11-15(19)12(13)2)21-16(20)17-8-6-4-5-7-9-18/h1,14-15,18-19H,4-11H2,2H3,(H,17,20)/t14-,15+/m1/s1. The number of aliphatic hydroxyl groups excluding tert-OH is 2. The van der Waals surface area contributed by atoms with Crippen molar-refractivity contribution in [2.75, 3.05) is 13.2 Å². The van der Waals surface area contributed by atoms with Gasteiger partial charge in [-0.2, -0.15) is 0 Å². The SMILES string of the molecule is C#CC1=C(C)[C@@H](O)C[C@H](OC(=O)NCCCCCCO)C1. The van der Waals surface area contributed by atoms with Gasteiger partial charge in [0.05, 0.1) is 6.10 Å². The van der Waals surface area contributed by atoms with E-state index in [1.807, 2.05) is 6.92 Å². The molecule has 0 heterocycles. The molecule has 21 heavy (non-hydrogen) atoms. The monoisotopic (exact) mass is 295 g/mol. The van der Waals surface area contributed by atoms with Crippen LogP contribution < -0.4 is 5.32 Å². The van der Waals surface area contributed by atoms with Crippen molar-refractivity contribution < 1.29 is 19.7 Å². The number of amides is 1. The van der Waals surface area contributed by atoms with Crippen LogP contribution in [0.5, 0.6) is 0 Å². The molecule has 1 amide bonds. The van der Waals surface area contributed by atoms with Gasteiger partial charge in [-0.1, -0.05) is 18.8 Å². The Kier molecular flexibility index (Phi) is 7.88. The molecule has 1 rings (SSSR count). The van der Waals surface area contributed by atoms with Gasteiger partial charge in [0, 0.05) is 31.6 Å². The number of unbranched alkanes of at least 4 members (excludes halogenated alkanes) is 3. The molecule has 1 aliphatic rings. The van der Waals surface area contributed by atoms with E-state index in [1.165, 1.54) is 0 Å². The lowest BCUT2D eigenvalue weighted by atomic mass is 9.89. The molecular formula is C16H25NO4. The molecule has 1 aliphatic carbocycles. The minimum absolute atomic E-state index is 0.212. The second-order valence-electron chi connectivity index (χ2n) is 5.35. The van der Waals surface area contributed by atoms with Crippen molar-refractivity contribution in [1.82, 2.24) is 5.32 Å². The minimum Gasteiger partial charge on any atom is -0.446 e. The number of hydrogen-bond donors (Lipinski definition) is 3. The lowest BCUT2D eigenvalue weighted by Gasteiger charge is -2.27. The molecule has 0 fully saturated rings. The third-order valence-corrected chi connectivity index (χ3v) is 3.70. The highest BCUT2D eigenvalue weighted by atomic mass is 16.6. The molecule has 118 valence electrons. The summed E-state index contributed by atoms with van der Waals surface area (Å²) in [6.07, 6.45) is 8.37. The summed E-state index contributed by atoms with van der Waals surface area (Å²) in [7, 11) is 0. The van der Waals surface area contributed by atoms with Crippen molar-refractivity contribution in [3.8, 4) is 12.3 Å². The third-order valence-electron chi connectivity index (χ3n) is 3.70. The summed E-state index contributed by atoms with van der Waals surface area (Å²) in [5, 5.41) is 21.2. The number of nitrogens with one attached hydrogen (secondary N) is 1. The molecule has 0 spiro atoms. The summed E-state index contributed by atoms with van der Waals surface area (Å²) in [6, 6.07) is 0.